The maximum absolute atomic E-state index is 11.6. The average molecular weight is 253 g/mol. The smallest absolute Gasteiger partial charge is 0.127 e. The third-order valence-corrected chi connectivity index (χ3v) is 4.51. The maximum atomic E-state index is 11.6. The van der Waals surface area contributed by atoms with E-state index in [1.165, 1.54) is 44.8 Å². The average Bonchev–Trinajstić information content (AvgIpc) is 3.21. The zero-order valence-corrected chi connectivity index (χ0v) is 11.7. The fourth-order valence-corrected chi connectivity index (χ4v) is 3.19. The summed E-state index contributed by atoms with van der Waals surface area (Å²) in [6.07, 6.45) is 11.1. The predicted octanol–water partition coefficient (Wildman–Crippen LogP) is 2.64. The molecule has 2 fully saturated rings. The van der Waals surface area contributed by atoms with Gasteiger partial charge in [-0.05, 0) is 25.7 Å². The number of hydrogen-bond donors (Lipinski definition) is 0. The summed E-state index contributed by atoms with van der Waals surface area (Å²) in [6, 6.07) is 0.722. The zero-order valence-electron chi connectivity index (χ0n) is 11.7. The summed E-state index contributed by atoms with van der Waals surface area (Å²) in [5, 5.41) is 0. The number of carbonyl (C=O) groups is 1. The van der Waals surface area contributed by atoms with E-state index in [0.29, 0.717) is 0 Å². The topological polar surface area (TPSA) is 29.5 Å². The Labute approximate surface area is 111 Å². The Morgan fingerprint density at radius 1 is 1.22 bits per heavy atom. The van der Waals surface area contributed by atoms with Crippen LogP contribution >= 0.6 is 0 Å². The van der Waals surface area contributed by atoms with Gasteiger partial charge in [-0.1, -0.05) is 25.7 Å². The van der Waals surface area contributed by atoms with Crippen molar-refractivity contribution in [3.05, 3.63) is 0 Å². The van der Waals surface area contributed by atoms with Crippen molar-refractivity contribution in [3.63, 3.8) is 0 Å². The third kappa shape index (κ3) is 3.79. The summed E-state index contributed by atoms with van der Waals surface area (Å²) in [6.45, 7) is 2.73. The minimum Gasteiger partial charge on any atom is -0.383 e. The van der Waals surface area contributed by atoms with Gasteiger partial charge in [0.1, 0.15) is 6.29 Å². The second kappa shape index (κ2) is 6.67. The quantitative estimate of drug-likeness (QED) is 0.516. The highest BCUT2D eigenvalue weighted by Crippen LogP contribution is 2.37. The van der Waals surface area contributed by atoms with Gasteiger partial charge < -0.3 is 9.53 Å². The number of hydrogen-bond acceptors (Lipinski definition) is 3. The highest BCUT2D eigenvalue weighted by molar-refractivity contribution is 5.59. The van der Waals surface area contributed by atoms with Crippen molar-refractivity contribution >= 4 is 6.29 Å². The molecule has 0 saturated heterocycles. The molecule has 0 N–H and O–H groups in total. The van der Waals surface area contributed by atoms with Crippen molar-refractivity contribution in [1.29, 1.82) is 0 Å². The lowest BCUT2D eigenvalue weighted by molar-refractivity contribution is -0.118. The van der Waals surface area contributed by atoms with Gasteiger partial charge in [0.05, 0.1) is 6.61 Å². The lowest BCUT2D eigenvalue weighted by Gasteiger charge is -2.33. The molecule has 0 amide bonds. The highest BCUT2D eigenvalue weighted by atomic mass is 16.5. The first kappa shape index (κ1) is 14.0. The molecule has 0 aromatic heterocycles. The number of nitrogens with zero attached hydrogens (tertiary/aromatic N) is 1. The molecule has 0 radical (unpaired) electrons. The van der Waals surface area contributed by atoms with Gasteiger partial charge >= 0.3 is 0 Å². The lowest BCUT2D eigenvalue weighted by atomic mass is 9.81. The van der Waals surface area contributed by atoms with E-state index in [4.69, 9.17) is 4.74 Å². The van der Waals surface area contributed by atoms with Crippen LogP contribution in [0, 0.1) is 5.41 Å². The second-order valence-corrected chi connectivity index (χ2v) is 6.09. The van der Waals surface area contributed by atoms with E-state index in [2.05, 4.69) is 4.90 Å². The Kier molecular flexibility index (Phi) is 5.19. The molecule has 2 aliphatic carbocycles. The van der Waals surface area contributed by atoms with Crippen molar-refractivity contribution in [1.82, 2.24) is 4.90 Å². The normalized spacial score (nSPS) is 23.9. The van der Waals surface area contributed by atoms with E-state index >= 15 is 0 Å². The molecule has 2 aliphatic rings. The molecule has 3 heteroatoms. The minimum absolute atomic E-state index is 0.0627. The predicted molar refractivity (Wildman–Crippen MR) is 72.7 cm³/mol. The SMILES string of the molecule is COCCN(CC1(C=O)CCCCCC1)C1CC1. The van der Waals surface area contributed by atoms with Crippen molar-refractivity contribution in [3.8, 4) is 0 Å². The number of methoxy groups -OCH3 is 1. The van der Waals surface area contributed by atoms with Crippen LogP contribution in [-0.2, 0) is 9.53 Å². The Morgan fingerprint density at radius 2 is 1.89 bits per heavy atom. The van der Waals surface area contributed by atoms with E-state index < -0.39 is 0 Å². The molecule has 0 aliphatic heterocycles. The molecule has 0 heterocycles. The highest BCUT2D eigenvalue weighted by Gasteiger charge is 2.37. The molecule has 0 unspecified atom stereocenters. The molecule has 0 atom stereocenters. The van der Waals surface area contributed by atoms with E-state index in [9.17, 15) is 4.79 Å². The van der Waals surface area contributed by atoms with Crippen molar-refractivity contribution in [2.45, 2.75) is 57.4 Å². The van der Waals surface area contributed by atoms with Gasteiger partial charge in [-0.15, -0.1) is 0 Å². The fourth-order valence-electron chi connectivity index (χ4n) is 3.19. The van der Waals surface area contributed by atoms with Crippen LogP contribution in [0.5, 0.6) is 0 Å². The minimum atomic E-state index is -0.0627. The van der Waals surface area contributed by atoms with Crippen molar-refractivity contribution in [2.24, 2.45) is 5.41 Å². The van der Waals surface area contributed by atoms with Gasteiger partial charge in [0.2, 0.25) is 0 Å². The van der Waals surface area contributed by atoms with Gasteiger partial charge in [-0.2, -0.15) is 0 Å². The number of carbonyl (C=O) groups excluding carboxylic acids is 1. The molecule has 0 spiro atoms. The summed E-state index contributed by atoms with van der Waals surface area (Å²) in [4.78, 5) is 14.1. The summed E-state index contributed by atoms with van der Waals surface area (Å²) in [5.41, 5.74) is -0.0627. The van der Waals surface area contributed by atoms with Crippen LogP contribution in [0.2, 0.25) is 0 Å². The summed E-state index contributed by atoms with van der Waals surface area (Å²) in [5.74, 6) is 0. The molecule has 3 nitrogen and oxygen atoms in total. The van der Waals surface area contributed by atoms with Gasteiger partial charge in [-0.25, -0.2) is 0 Å². The van der Waals surface area contributed by atoms with E-state index in [-0.39, 0.29) is 5.41 Å². The third-order valence-electron chi connectivity index (χ3n) is 4.51. The standard InChI is InChI=1S/C15H27NO2/c1-18-11-10-16(14-6-7-14)12-15(13-17)8-4-2-3-5-9-15/h13-14H,2-12H2,1H3. The van der Waals surface area contributed by atoms with Crippen LogP contribution < -0.4 is 0 Å². The van der Waals surface area contributed by atoms with E-state index in [1.54, 1.807) is 7.11 Å². The van der Waals surface area contributed by atoms with Crippen molar-refractivity contribution in [2.75, 3.05) is 26.8 Å². The fraction of sp³-hybridized carbons (Fsp3) is 0.933. The van der Waals surface area contributed by atoms with Gasteiger partial charge in [0, 0.05) is 31.7 Å². The Hall–Kier alpha value is -0.410. The molecule has 104 valence electrons. The summed E-state index contributed by atoms with van der Waals surface area (Å²) in [7, 11) is 1.76. The first-order chi connectivity index (χ1) is 8.79. The summed E-state index contributed by atoms with van der Waals surface area (Å²) < 4.78 is 5.20. The van der Waals surface area contributed by atoms with Crippen LogP contribution in [0.3, 0.4) is 0 Å². The van der Waals surface area contributed by atoms with E-state index in [0.717, 1.165) is 38.6 Å². The number of ether oxygens (including phenoxy) is 1. The first-order valence-electron chi connectivity index (χ1n) is 7.49. The maximum Gasteiger partial charge on any atom is 0.127 e. The molecule has 2 rings (SSSR count). The molecular weight excluding hydrogens is 226 g/mol. The number of aldehydes is 1. The number of rotatable bonds is 7. The van der Waals surface area contributed by atoms with Crippen LogP contribution in [-0.4, -0.2) is 44.0 Å². The van der Waals surface area contributed by atoms with Crippen LogP contribution in [0.15, 0.2) is 0 Å². The van der Waals surface area contributed by atoms with Crippen LogP contribution in [0.25, 0.3) is 0 Å². The molecule has 0 aromatic carbocycles. The zero-order chi connectivity index (χ0) is 12.8. The monoisotopic (exact) mass is 253 g/mol. The molecule has 2 saturated carbocycles. The van der Waals surface area contributed by atoms with Crippen LogP contribution in [0.1, 0.15) is 51.4 Å². The largest absolute Gasteiger partial charge is 0.383 e. The van der Waals surface area contributed by atoms with Gasteiger partial charge in [0.15, 0.2) is 0 Å². The van der Waals surface area contributed by atoms with Gasteiger partial charge in [0.25, 0.3) is 0 Å². The van der Waals surface area contributed by atoms with Crippen LogP contribution in [0.4, 0.5) is 0 Å². The Bertz CT molecular complexity index is 255. The van der Waals surface area contributed by atoms with E-state index in [1.807, 2.05) is 0 Å². The van der Waals surface area contributed by atoms with Gasteiger partial charge in [-0.3, -0.25) is 4.90 Å². The molecule has 0 aromatic rings. The molecule has 18 heavy (non-hydrogen) atoms. The molecular formula is C15H27NO2. The summed E-state index contributed by atoms with van der Waals surface area (Å²) >= 11 is 0. The second-order valence-electron chi connectivity index (χ2n) is 6.09. The Balaban J connectivity index is 1.94. The Morgan fingerprint density at radius 3 is 2.39 bits per heavy atom. The van der Waals surface area contributed by atoms with Crippen molar-refractivity contribution < 1.29 is 9.53 Å². The lowest BCUT2D eigenvalue weighted by Crippen LogP contribution is -2.41. The molecule has 0 bridgehead atoms. The first-order valence-corrected chi connectivity index (χ1v) is 7.49.